The number of carbonyl (C=O) groups is 1. The van der Waals surface area contributed by atoms with Gasteiger partial charge in [-0.1, -0.05) is 19.9 Å². The highest BCUT2D eigenvalue weighted by Crippen LogP contribution is 2.57. The molecular formula is C28H36O8. The second-order valence-corrected chi connectivity index (χ2v) is 8.93. The maximum atomic E-state index is 13.0. The topological polar surface area (TPSA) is 92.7 Å². The zero-order valence-corrected chi connectivity index (χ0v) is 22.5. The zero-order valence-electron chi connectivity index (χ0n) is 22.5. The van der Waals surface area contributed by atoms with Crippen LogP contribution >= 0.6 is 0 Å². The summed E-state index contributed by atoms with van der Waals surface area (Å²) in [6.07, 6.45) is 1.40. The van der Waals surface area contributed by atoms with Crippen LogP contribution in [0.5, 0.6) is 34.5 Å². The number of aliphatic hydroxyl groups is 1. The number of allylic oxidation sites excluding steroid dienone is 1. The quantitative estimate of drug-likeness (QED) is 0.318. The Labute approximate surface area is 212 Å². The fourth-order valence-electron chi connectivity index (χ4n) is 4.63. The van der Waals surface area contributed by atoms with Crippen LogP contribution in [0.25, 0.3) is 11.1 Å². The highest BCUT2D eigenvalue weighted by molar-refractivity contribution is 5.94. The molecule has 0 bridgehead atoms. The molecule has 0 aromatic heterocycles. The predicted octanol–water partition coefficient (Wildman–Crippen LogP) is 5.13. The summed E-state index contributed by atoms with van der Waals surface area (Å²) in [6.45, 7) is 7.52. The second kappa shape index (κ2) is 11.1. The van der Waals surface area contributed by atoms with E-state index in [2.05, 4.69) is 6.92 Å². The fourth-order valence-corrected chi connectivity index (χ4v) is 4.63. The standard InChI is InChI=1S/C28H36O8/c1-10-14(2)28(30)36-27-21-17(12-19(31-5)25(27)34-8)11-15(3)16(4)23(29)18-13-20(32-6)24(33-7)26(35-9)22(18)21/h10,12-13,15-16,23,29H,11H2,1-9H3/t15-,16-,23-/m1/s1. The number of hydrogen-bond donors (Lipinski definition) is 1. The van der Waals surface area contributed by atoms with Crippen LogP contribution in [0.3, 0.4) is 0 Å². The minimum absolute atomic E-state index is 0.0740. The van der Waals surface area contributed by atoms with Crippen molar-refractivity contribution in [1.82, 2.24) is 0 Å². The molecule has 1 N–H and O–H groups in total. The minimum Gasteiger partial charge on any atom is -0.493 e. The van der Waals surface area contributed by atoms with E-state index < -0.39 is 12.1 Å². The molecule has 0 saturated carbocycles. The van der Waals surface area contributed by atoms with Crippen molar-refractivity contribution < 1.29 is 38.3 Å². The molecule has 3 rings (SSSR count). The minimum atomic E-state index is -0.856. The van der Waals surface area contributed by atoms with E-state index in [1.54, 1.807) is 26.0 Å². The highest BCUT2D eigenvalue weighted by Gasteiger charge is 2.37. The summed E-state index contributed by atoms with van der Waals surface area (Å²) in [5.41, 5.74) is 2.96. The van der Waals surface area contributed by atoms with E-state index in [1.165, 1.54) is 35.5 Å². The highest BCUT2D eigenvalue weighted by atomic mass is 16.6. The van der Waals surface area contributed by atoms with Crippen molar-refractivity contribution in [2.75, 3.05) is 35.5 Å². The molecule has 0 aliphatic heterocycles. The Morgan fingerprint density at radius 1 is 0.861 bits per heavy atom. The number of fused-ring (bicyclic) bond motifs is 3. The van der Waals surface area contributed by atoms with Crippen LogP contribution in [-0.2, 0) is 11.2 Å². The largest absolute Gasteiger partial charge is 0.493 e. The lowest BCUT2D eigenvalue weighted by Gasteiger charge is -2.33. The third-order valence-corrected chi connectivity index (χ3v) is 7.02. The predicted molar refractivity (Wildman–Crippen MR) is 137 cm³/mol. The first kappa shape index (κ1) is 27.2. The van der Waals surface area contributed by atoms with E-state index >= 15 is 0 Å². The lowest BCUT2D eigenvalue weighted by atomic mass is 9.76. The van der Waals surface area contributed by atoms with Gasteiger partial charge in [-0.05, 0) is 55.4 Å². The molecule has 0 radical (unpaired) electrons. The van der Waals surface area contributed by atoms with Gasteiger partial charge in [-0.25, -0.2) is 4.79 Å². The van der Waals surface area contributed by atoms with E-state index in [9.17, 15) is 9.90 Å². The van der Waals surface area contributed by atoms with Crippen molar-refractivity contribution in [3.8, 4) is 45.6 Å². The van der Waals surface area contributed by atoms with Gasteiger partial charge in [0.25, 0.3) is 0 Å². The van der Waals surface area contributed by atoms with Crippen molar-refractivity contribution in [3.05, 3.63) is 34.9 Å². The number of esters is 1. The molecule has 196 valence electrons. The Morgan fingerprint density at radius 3 is 1.94 bits per heavy atom. The zero-order chi connectivity index (χ0) is 26.7. The maximum absolute atomic E-state index is 13.0. The monoisotopic (exact) mass is 500 g/mol. The van der Waals surface area contributed by atoms with Gasteiger partial charge in [0.15, 0.2) is 23.0 Å². The van der Waals surface area contributed by atoms with Gasteiger partial charge in [0, 0.05) is 16.7 Å². The molecule has 1 aliphatic rings. The fraction of sp³-hybridized carbons (Fsp3) is 0.464. The van der Waals surface area contributed by atoms with Crippen LogP contribution < -0.4 is 28.4 Å². The molecule has 1 aliphatic carbocycles. The number of hydrogen-bond acceptors (Lipinski definition) is 8. The number of benzene rings is 2. The van der Waals surface area contributed by atoms with Crippen molar-refractivity contribution >= 4 is 5.97 Å². The van der Waals surface area contributed by atoms with Crippen LogP contribution in [0.15, 0.2) is 23.8 Å². The third kappa shape index (κ3) is 4.57. The molecule has 0 fully saturated rings. The molecule has 0 amide bonds. The summed E-state index contributed by atoms with van der Waals surface area (Å²) in [7, 11) is 7.58. The third-order valence-electron chi connectivity index (χ3n) is 7.02. The van der Waals surface area contributed by atoms with Crippen LogP contribution in [0.4, 0.5) is 0 Å². The molecule has 2 aromatic rings. The molecule has 36 heavy (non-hydrogen) atoms. The van der Waals surface area contributed by atoms with Crippen molar-refractivity contribution in [3.63, 3.8) is 0 Å². The summed E-state index contributed by atoms with van der Waals surface area (Å²) in [5.74, 6) is 1.42. The number of ether oxygens (including phenoxy) is 6. The summed E-state index contributed by atoms with van der Waals surface area (Å²) in [5, 5.41) is 11.5. The number of rotatable bonds is 7. The Kier molecular flexibility index (Phi) is 8.40. The van der Waals surface area contributed by atoms with Gasteiger partial charge in [0.05, 0.1) is 41.7 Å². The first-order chi connectivity index (χ1) is 17.2. The molecule has 0 spiro atoms. The molecule has 0 heterocycles. The van der Waals surface area contributed by atoms with Crippen LogP contribution in [0.2, 0.25) is 0 Å². The average Bonchev–Trinajstić information content (AvgIpc) is 2.89. The SMILES string of the molecule is CC=C(C)C(=O)Oc1c(OC)c(OC)cc2c1-c1c(cc(OC)c(OC)c1OC)[C@H](O)[C@H](C)[C@H](C)C2. The van der Waals surface area contributed by atoms with Gasteiger partial charge < -0.3 is 33.5 Å². The van der Waals surface area contributed by atoms with Gasteiger partial charge in [-0.15, -0.1) is 0 Å². The Balaban J connectivity index is 2.57. The first-order valence-corrected chi connectivity index (χ1v) is 11.8. The van der Waals surface area contributed by atoms with Gasteiger partial charge in [0.1, 0.15) is 0 Å². The van der Waals surface area contributed by atoms with Gasteiger partial charge in [-0.3, -0.25) is 0 Å². The van der Waals surface area contributed by atoms with Crippen molar-refractivity contribution in [1.29, 1.82) is 0 Å². The summed E-state index contributed by atoms with van der Waals surface area (Å²) < 4.78 is 34.4. The summed E-state index contributed by atoms with van der Waals surface area (Å²) >= 11 is 0. The number of methoxy groups -OCH3 is 5. The Bertz CT molecular complexity index is 1170. The summed E-state index contributed by atoms with van der Waals surface area (Å²) in [6, 6.07) is 3.63. The molecule has 8 nitrogen and oxygen atoms in total. The Morgan fingerprint density at radius 2 is 1.42 bits per heavy atom. The smallest absolute Gasteiger partial charge is 0.338 e. The van der Waals surface area contributed by atoms with Crippen molar-refractivity contribution in [2.24, 2.45) is 11.8 Å². The average molecular weight is 501 g/mol. The summed E-state index contributed by atoms with van der Waals surface area (Å²) in [4.78, 5) is 13.0. The van der Waals surface area contributed by atoms with Crippen molar-refractivity contribution in [2.45, 2.75) is 40.2 Å². The Hall–Kier alpha value is -3.39. The van der Waals surface area contributed by atoms with E-state index in [1.807, 2.05) is 13.0 Å². The van der Waals surface area contributed by atoms with E-state index in [0.29, 0.717) is 51.7 Å². The number of carbonyl (C=O) groups excluding carboxylic acids is 1. The van der Waals surface area contributed by atoms with E-state index in [4.69, 9.17) is 28.4 Å². The van der Waals surface area contributed by atoms with Gasteiger partial charge in [0.2, 0.25) is 11.5 Å². The van der Waals surface area contributed by atoms with Crippen LogP contribution in [-0.4, -0.2) is 46.6 Å². The molecule has 8 heteroatoms. The normalized spacial score (nSPS) is 19.3. The lowest BCUT2D eigenvalue weighted by molar-refractivity contribution is -0.130. The first-order valence-electron chi connectivity index (χ1n) is 11.8. The molecule has 0 saturated heterocycles. The van der Waals surface area contributed by atoms with E-state index in [-0.39, 0.29) is 23.3 Å². The van der Waals surface area contributed by atoms with Gasteiger partial charge >= 0.3 is 5.97 Å². The molecule has 0 unspecified atom stereocenters. The van der Waals surface area contributed by atoms with E-state index in [0.717, 1.165) is 5.56 Å². The number of aliphatic hydroxyl groups excluding tert-OH is 1. The molecule has 2 aromatic carbocycles. The second-order valence-electron chi connectivity index (χ2n) is 8.93. The van der Waals surface area contributed by atoms with Gasteiger partial charge in [-0.2, -0.15) is 0 Å². The molecule has 3 atom stereocenters. The maximum Gasteiger partial charge on any atom is 0.338 e. The van der Waals surface area contributed by atoms with Crippen LogP contribution in [0.1, 0.15) is 44.9 Å². The molecular weight excluding hydrogens is 464 g/mol. The lowest BCUT2D eigenvalue weighted by Crippen LogP contribution is -2.23. The van der Waals surface area contributed by atoms with Crippen LogP contribution in [0, 0.1) is 11.8 Å².